The highest BCUT2D eigenvalue weighted by molar-refractivity contribution is 5.79. The first kappa shape index (κ1) is 18.6. The maximum absolute atomic E-state index is 13.4. The summed E-state index contributed by atoms with van der Waals surface area (Å²) in [6.07, 6.45) is 3.80. The van der Waals surface area contributed by atoms with Gasteiger partial charge < -0.3 is 10.6 Å². The number of aromatic nitrogens is 2. The molecule has 0 amide bonds. The maximum Gasteiger partial charge on any atom is 0.191 e. The molecule has 0 saturated carbocycles. The van der Waals surface area contributed by atoms with Crippen LogP contribution in [0.2, 0.25) is 0 Å². The molecule has 0 aliphatic carbocycles. The van der Waals surface area contributed by atoms with E-state index in [0.29, 0.717) is 24.6 Å². The molecule has 0 aliphatic heterocycles. The largest absolute Gasteiger partial charge is 0.357 e. The summed E-state index contributed by atoms with van der Waals surface area (Å²) in [6.45, 7) is 5.65. The predicted molar refractivity (Wildman–Crippen MR) is 106 cm³/mol. The van der Waals surface area contributed by atoms with Gasteiger partial charge in [-0.3, -0.25) is 0 Å². The minimum Gasteiger partial charge on any atom is -0.357 e. The summed E-state index contributed by atoms with van der Waals surface area (Å²) in [6, 6.07) is 15.1. The molecule has 3 rings (SSSR count). The van der Waals surface area contributed by atoms with Crippen LogP contribution in [-0.2, 0) is 13.1 Å². The molecule has 1 aromatic heterocycles. The van der Waals surface area contributed by atoms with Crippen LogP contribution in [0.1, 0.15) is 23.6 Å². The Hall–Kier alpha value is -3.15. The van der Waals surface area contributed by atoms with Gasteiger partial charge in [-0.2, -0.15) is 5.10 Å². The van der Waals surface area contributed by atoms with E-state index in [-0.39, 0.29) is 5.82 Å². The van der Waals surface area contributed by atoms with Gasteiger partial charge in [0.1, 0.15) is 5.82 Å². The average molecular weight is 365 g/mol. The van der Waals surface area contributed by atoms with Crippen LogP contribution in [0.15, 0.2) is 65.9 Å². The first-order chi connectivity index (χ1) is 13.2. The molecule has 1 heterocycles. The summed E-state index contributed by atoms with van der Waals surface area (Å²) in [5, 5.41) is 10.9. The van der Waals surface area contributed by atoms with Crippen molar-refractivity contribution in [2.24, 2.45) is 4.99 Å². The lowest BCUT2D eigenvalue weighted by atomic mass is 10.1. The van der Waals surface area contributed by atoms with Gasteiger partial charge in [-0.25, -0.2) is 14.1 Å². The van der Waals surface area contributed by atoms with Gasteiger partial charge in [0.2, 0.25) is 0 Å². The second-order valence-electron chi connectivity index (χ2n) is 6.26. The Kier molecular flexibility index (Phi) is 6.20. The van der Waals surface area contributed by atoms with E-state index >= 15 is 0 Å². The molecule has 0 radical (unpaired) electrons. The van der Waals surface area contributed by atoms with Crippen molar-refractivity contribution in [2.75, 3.05) is 6.54 Å². The minimum atomic E-state index is -0.185. The first-order valence-corrected chi connectivity index (χ1v) is 9.02. The van der Waals surface area contributed by atoms with Crippen molar-refractivity contribution in [3.63, 3.8) is 0 Å². The van der Waals surface area contributed by atoms with Crippen molar-refractivity contribution in [3.8, 4) is 5.69 Å². The number of guanidine groups is 1. The highest BCUT2D eigenvalue weighted by Crippen LogP contribution is 2.10. The molecule has 3 aromatic rings. The van der Waals surface area contributed by atoms with Gasteiger partial charge in [0.15, 0.2) is 5.96 Å². The van der Waals surface area contributed by atoms with E-state index < -0.39 is 0 Å². The van der Waals surface area contributed by atoms with Crippen molar-refractivity contribution in [1.29, 1.82) is 0 Å². The van der Waals surface area contributed by atoms with Crippen LogP contribution in [0, 0.1) is 12.7 Å². The molecular weight excluding hydrogens is 341 g/mol. The fraction of sp³-hybridized carbons (Fsp3) is 0.238. The first-order valence-electron chi connectivity index (χ1n) is 9.02. The van der Waals surface area contributed by atoms with Gasteiger partial charge in [-0.1, -0.05) is 30.3 Å². The zero-order valence-corrected chi connectivity index (χ0v) is 15.6. The minimum absolute atomic E-state index is 0.185. The normalized spacial score (nSPS) is 11.4. The van der Waals surface area contributed by atoms with Crippen molar-refractivity contribution in [1.82, 2.24) is 20.4 Å². The van der Waals surface area contributed by atoms with E-state index in [4.69, 9.17) is 0 Å². The molecule has 0 unspecified atom stereocenters. The summed E-state index contributed by atoms with van der Waals surface area (Å²) in [5.74, 6) is 0.529. The number of aliphatic imine (C=N–C) groups is 1. The topological polar surface area (TPSA) is 54.2 Å². The van der Waals surface area contributed by atoms with E-state index in [1.54, 1.807) is 13.0 Å². The fourth-order valence-corrected chi connectivity index (χ4v) is 2.68. The number of hydrogen-bond acceptors (Lipinski definition) is 2. The summed E-state index contributed by atoms with van der Waals surface area (Å²) in [5.41, 5.74) is 3.69. The number of nitrogens with one attached hydrogen (secondary N) is 2. The number of hydrogen-bond donors (Lipinski definition) is 2. The van der Waals surface area contributed by atoms with E-state index in [0.717, 1.165) is 23.4 Å². The summed E-state index contributed by atoms with van der Waals surface area (Å²) >= 11 is 0. The van der Waals surface area contributed by atoms with E-state index in [9.17, 15) is 4.39 Å². The predicted octanol–water partition coefficient (Wildman–Crippen LogP) is 3.58. The molecule has 0 fully saturated rings. The number of halogens is 1. The number of para-hydroxylation sites is 1. The lowest BCUT2D eigenvalue weighted by Gasteiger charge is -2.11. The second kappa shape index (κ2) is 8.98. The third-order valence-corrected chi connectivity index (χ3v) is 4.10. The zero-order chi connectivity index (χ0) is 19.1. The van der Waals surface area contributed by atoms with E-state index in [2.05, 4.69) is 20.7 Å². The number of rotatable bonds is 6. The van der Waals surface area contributed by atoms with Gasteiger partial charge in [0, 0.05) is 24.8 Å². The van der Waals surface area contributed by atoms with Crippen LogP contribution in [-0.4, -0.2) is 22.3 Å². The highest BCUT2D eigenvalue weighted by atomic mass is 19.1. The van der Waals surface area contributed by atoms with Gasteiger partial charge in [0.25, 0.3) is 0 Å². The molecule has 6 heteroatoms. The van der Waals surface area contributed by atoms with Crippen molar-refractivity contribution >= 4 is 5.96 Å². The number of benzene rings is 2. The molecule has 0 saturated heterocycles. The second-order valence-corrected chi connectivity index (χ2v) is 6.26. The van der Waals surface area contributed by atoms with Gasteiger partial charge in [-0.05, 0) is 43.2 Å². The summed E-state index contributed by atoms with van der Waals surface area (Å²) in [7, 11) is 0. The van der Waals surface area contributed by atoms with Gasteiger partial charge in [-0.15, -0.1) is 0 Å². The third-order valence-electron chi connectivity index (χ3n) is 4.10. The van der Waals surface area contributed by atoms with Crippen LogP contribution in [0.4, 0.5) is 4.39 Å². The van der Waals surface area contributed by atoms with Crippen LogP contribution < -0.4 is 10.6 Å². The molecule has 2 aromatic carbocycles. The third kappa shape index (κ3) is 5.17. The Morgan fingerprint density at radius 3 is 2.67 bits per heavy atom. The van der Waals surface area contributed by atoms with Crippen molar-refractivity contribution in [3.05, 3.63) is 83.4 Å². The Balaban J connectivity index is 1.63. The Morgan fingerprint density at radius 1 is 1.11 bits per heavy atom. The lowest BCUT2D eigenvalue weighted by Crippen LogP contribution is -2.36. The molecule has 2 N–H and O–H groups in total. The Morgan fingerprint density at radius 2 is 1.93 bits per heavy atom. The van der Waals surface area contributed by atoms with Crippen LogP contribution in [0.25, 0.3) is 5.69 Å². The smallest absolute Gasteiger partial charge is 0.191 e. The van der Waals surface area contributed by atoms with Crippen LogP contribution in [0.3, 0.4) is 0 Å². The van der Waals surface area contributed by atoms with E-state index in [1.165, 1.54) is 6.07 Å². The summed E-state index contributed by atoms with van der Waals surface area (Å²) in [4.78, 5) is 4.61. The van der Waals surface area contributed by atoms with Crippen LogP contribution >= 0.6 is 0 Å². The molecular formula is C21H24FN5. The quantitative estimate of drug-likeness (QED) is 0.519. The van der Waals surface area contributed by atoms with Crippen molar-refractivity contribution < 1.29 is 4.39 Å². The SMILES string of the molecule is CCNC(=NCc1cnn(-c2ccccc2)c1)NCc1ccc(F)c(C)c1. The highest BCUT2D eigenvalue weighted by Gasteiger charge is 2.03. The molecule has 0 atom stereocenters. The molecule has 140 valence electrons. The zero-order valence-electron chi connectivity index (χ0n) is 15.6. The molecule has 27 heavy (non-hydrogen) atoms. The number of nitrogens with zero attached hydrogens (tertiary/aromatic N) is 3. The Bertz CT molecular complexity index is 902. The number of aryl methyl sites for hydroxylation is 1. The molecule has 0 spiro atoms. The fourth-order valence-electron chi connectivity index (χ4n) is 2.68. The molecule has 0 bridgehead atoms. The molecule has 5 nitrogen and oxygen atoms in total. The van der Waals surface area contributed by atoms with Gasteiger partial charge >= 0.3 is 0 Å². The van der Waals surface area contributed by atoms with Gasteiger partial charge in [0.05, 0.1) is 18.4 Å². The standard InChI is InChI=1S/C21H24FN5/c1-3-23-21(24-12-17-9-10-20(22)16(2)11-17)25-13-18-14-26-27(15-18)19-7-5-4-6-8-19/h4-11,14-15H,3,12-13H2,1-2H3,(H2,23,24,25). The Labute approximate surface area is 159 Å². The van der Waals surface area contributed by atoms with Crippen LogP contribution in [0.5, 0.6) is 0 Å². The average Bonchev–Trinajstić information content (AvgIpc) is 3.16. The van der Waals surface area contributed by atoms with E-state index in [1.807, 2.05) is 60.4 Å². The van der Waals surface area contributed by atoms with Crippen molar-refractivity contribution in [2.45, 2.75) is 26.9 Å². The monoisotopic (exact) mass is 365 g/mol. The lowest BCUT2D eigenvalue weighted by molar-refractivity contribution is 0.617. The maximum atomic E-state index is 13.4. The molecule has 0 aliphatic rings. The summed E-state index contributed by atoms with van der Waals surface area (Å²) < 4.78 is 15.2.